The quantitative estimate of drug-likeness (QED) is 0.871. The summed E-state index contributed by atoms with van der Waals surface area (Å²) < 4.78 is 37.7. The summed E-state index contributed by atoms with van der Waals surface area (Å²) in [5.41, 5.74) is 6.39. The summed E-state index contributed by atoms with van der Waals surface area (Å²) in [6, 6.07) is 8.27. The van der Waals surface area contributed by atoms with Crippen LogP contribution in [-0.4, -0.2) is 4.98 Å². The predicted octanol–water partition coefficient (Wildman–Crippen LogP) is 3.73. The summed E-state index contributed by atoms with van der Waals surface area (Å²) in [7, 11) is 0. The number of halogens is 3. The molecule has 1 aromatic carbocycles. The van der Waals surface area contributed by atoms with Crippen LogP contribution in [0.2, 0.25) is 0 Å². The molecular weight excluding hydrogens is 255 g/mol. The number of anilines is 3. The number of hydrogen-bond donors (Lipinski definition) is 2. The van der Waals surface area contributed by atoms with Crippen LogP contribution in [0.4, 0.5) is 30.4 Å². The monoisotopic (exact) mass is 267 g/mol. The third kappa shape index (κ3) is 3.15. The number of nitrogen functional groups attached to an aromatic ring is 1. The first-order chi connectivity index (χ1) is 8.86. The minimum atomic E-state index is -4.37. The average molecular weight is 267 g/mol. The summed E-state index contributed by atoms with van der Waals surface area (Å²) in [4.78, 5) is 4.14. The zero-order chi connectivity index (χ0) is 14.0. The smallest absolute Gasteiger partial charge is 0.396 e. The van der Waals surface area contributed by atoms with Crippen molar-refractivity contribution < 1.29 is 13.2 Å². The maximum Gasteiger partial charge on any atom is 0.416 e. The second-order valence-electron chi connectivity index (χ2n) is 4.09. The largest absolute Gasteiger partial charge is 0.416 e. The molecule has 100 valence electrons. The first kappa shape index (κ1) is 13.2. The normalized spacial score (nSPS) is 11.4. The van der Waals surface area contributed by atoms with E-state index in [2.05, 4.69) is 10.3 Å². The molecule has 0 amide bonds. The van der Waals surface area contributed by atoms with E-state index in [0.717, 1.165) is 17.8 Å². The van der Waals surface area contributed by atoms with E-state index in [1.54, 1.807) is 19.1 Å². The van der Waals surface area contributed by atoms with Gasteiger partial charge in [-0.1, -0.05) is 6.07 Å². The van der Waals surface area contributed by atoms with E-state index < -0.39 is 11.7 Å². The van der Waals surface area contributed by atoms with Gasteiger partial charge < -0.3 is 11.1 Å². The maximum absolute atomic E-state index is 12.6. The topological polar surface area (TPSA) is 50.9 Å². The highest BCUT2D eigenvalue weighted by atomic mass is 19.4. The Morgan fingerprint density at radius 2 is 1.89 bits per heavy atom. The first-order valence-corrected chi connectivity index (χ1v) is 5.53. The van der Waals surface area contributed by atoms with E-state index in [0.29, 0.717) is 17.2 Å². The highest BCUT2D eigenvalue weighted by Crippen LogP contribution is 2.31. The Bertz CT molecular complexity index is 594. The van der Waals surface area contributed by atoms with Crippen molar-refractivity contribution in [1.82, 2.24) is 4.98 Å². The van der Waals surface area contributed by atoms with Crippen LogP contribution < -0.4 is 11.1 Å². The number of benzene rings is 1. The van der Waals surface area contributed by atoms with Gasteiger partial charge in [0.05, 0.1) is 11.3 Å². The van der Waals surface area contributed by atoms with Crippen molar-refractivity contribution in [3.63, 3.8) is 0 Å². The lowest BCUT2D eigenvalue weighted by atomic mass is 10.2. The number of rotatable bonds is 2. The molecule has 0 saturated heterocycles. The average Bonchev–Trinajstić information content (AvgIpc) is 2.33. The molecule has 0 fully saturated rings. The predicted molar refractivity (Wildman–Crippen MR) is 68.1 cm³/mol. The van der Waals surface area contributed by atoms with Gasteiger partial charge in [0.1, 0.15) is 0 Å². The van der Waals surface area contributed by atoms with Crippen LogP contribution in [0, 0.1) is 6.92 Å². The molecule has 2 aromatic rings. The lowest BCUT2D eigenvalue weighted by Crippen LogP contribution is -2.06. The molecule has 1 heterocycles. The van der Waals surface area contributed by atoms with Crippen LogP contribution in [0.5, 0.6) is 0 Å². The van der Waals surface area contributed by atoms with Gasteiger partial charge >= 0.3 is 6.18 Å². The van der Waals surface area contributed by atoms with Gasteiger partial charge in [-0.05, 0) is 37.3 Å². The fourth-order valence-electron chi connectivity index (χ4n) is 1.58. The highest BCUT2D eigenvalue weighted by Gasteiger charge is 2.30. The molecule has 0 aliphatic rings. The third-order valence-electron chi connectivity index (χ3n) is 2.52. The number of aryl methyl sites for hydroxylation is 1. The summed E-state index contributed by atoms with van der Waals surface area (Å²) >= 11 is 0. The van der Waals surface area contributed by atoms with Gasteiger partial charge in [-0.2, -0.15) is 13.2 Å². The summed E-state index contributed by atoms with van der Waals surface area (Å²) in [5.74, 6) is 0.347. The zero-order valence-corrected chi connectivity index (χ0v) is 10.1. The highest BCUT2D eigenvalue weighted by molar-refractivity contribution is 5.69. The molecule has 0 aliphatic heterocycles. The fraction of sp³-hybridized carbons (Fsp3) is 0.154. The van der Waals surface area contributed by atoms with Crippen molar-refractivity contribution in [2.45, 2.75) is 13.1 Å². The first-order valence-electron chi connectivity index (χ1n) is 5.53. The van der Waals surface area contributed by atoms with Crippen molar-refractivity contribution in [3.05, 3.63) is 47.7 Å². The molecule has 0 atom stereocenters. The Hall–Kier alpha value is -2.24. The van der Waals surface area contributed by atoms with Crippen molar-refractivity contribution in [1.29, 1.82) is 0 Å². The molecule has 2 rings (SSSR count). The Morgan fingerprint density at radius 1 is 1.16 bits per heavy atom. The van der Waals surface area contributed by atoms with Crippen molar-refractivity contribution in [2.24, 2.45) is 0 Å². The van der Waals surface area contributed by atoms with Crippen molar-refractivity contribution in [2.75, 3.05) is 11.1 Å². The van der Waals surface area contributed by atoms with E-state index in [1.807, 2.05) is 0 Å². The Balaban J connectivity index is 2.31. The molecule has 0 aliphatic carbocycles. The molecular formula is C13H12F3N3. The van der Waals surface area contributed by atoms with E-state index in [9.17, 15) is 13.2 Å². The van der Waals surface area contributed by atoms with E-state index >= 15 is 0 Å². The van der Waals surface area contributed by atoms with Gasteiger partial charge in [0.2, 0.25) is 0 Å². The number of nitrogens with one attached hydrogen (secondary N) is 1. The van der Waals surface area contributed by atoms with E-state index in [1.165, 1.54) is 12.1 Å². The minimum Gasteiger partial charge on any atom is -0.396 e. The van der Waals surface area contributed by atoms with Crippen molar-refractivity contribution in [3.8, 4) is 0 Å². The molecule has 0 unspecified atom stereocenters. The molecule has 0 bridgehead atoms. The standard InChI is InChI=1S/C13H12F3N3/c1-8-5-6-11(17)12(18-8)19-10-4-2-3-9(7-10)13(14,15)16/h2-7H,17H2,1H3,(H,18,19). The lowest BCUT2D eigenvalue weighted by molar-refractivity contribution is -0.137. The molecule has 3 N–H and O–H groups in total. The molecule has 1 aromatic heterocycles. The maximum atomic E-state index is 12.6. The minimum absolute atomic E-state index is 0.291. The zero-order valence-electron chi connectivity index (χ0n) is 10.1. The molecule has 0 radical (unpaired) electrons. The van der Waals surface area contributed by atoms with Gasteiger partial charge in [-0.15, -0.1) is 0 Å². The SMILES string of the molecule is Cc1ccc(N)c(Nc2cccc(C(F)(F)F)c2)n1. The second kappa shape index (κ2) is 4.79. The molecule has 0 saturated carbocycles. The summed E-state index contributed by atoms with van der Waals surface area (Å²) in [5, 5.41) is 2.79. The van der Waals surface area contributed by atoms with Gasteiger partial charge in [0.15, 0.2) is 5.82 Å². The summed E-state index contributed by atoms with van der Waals surface area (Å²) in [6.45, 7) is 1.77. The molecule has 6 heteroatoms. The van der Waals surface area contributed by atoms with E-state index in [4.69, 9.17) is 5.73 Å². The van der Waals surface area contributed by atoms with Crippen molar-refractivity contribution >= 4 is 17.2 Å². The third-order valence-corrected chi connectivity index (χ3v) is 2.52. The Morgan fingerprint density at radius 3 is 2.58 bits per heavy atom. The summed E-state index contributed by atoms with van der Waals surface area (Å²) in [6.07, 6.45) is -4.37. The van der Waals surface area contributed by atoms with Gasteiger partial charge in [0.25, 0.3) is 0 Å². The number of alkyl halides is 3. The Kier molecular flexibility index (Phi) is 3.33. The Labute approximate surface area is 108 Å². The number of pyridine rings is 1. The van der Waals surface area contributed by atoms with Crippen LogP contribution >= 0.6 is 0 Å². The number of nitrogens with two attached hydrogens (primary N) is 1. The number of nitrogens with zero attached hydrogens (tertiary/aromatic N) is 1. The van der Waals surface area contributed by atoms with Crippen LogP contribution in [0.15, 0.2) is 36.4 Å². The van der Waals surface area contributed by atoms with Crippen LogP contribution in [0.3, 0.4) is 0 Å². The van der Waals surface area contributed by atoms with E-state index in [-0.39, 0.29) is 0 Å². The number of aromatic nitrogens is 1. The van der Waals surface area contributed by atoms with Gasteiger partial charge in [-0.3, -0.25) is 0 Å². The second-order valence-corrected chi connectivity index (χ2v) is 4.09. The molecule has 3 nitrogen and oxygen atoms in total. The van der Waals surface area contributed by atoms with Gasteiger partial charge in [-0.25, -0.2) is 4.98 Å². The lowest BCUT2D eigenvalue weighted by Gasteiger charge is -2.11. The fourth-order valence-corrected chi connectivity index (χ4v) is 1.58. The number of hydrogen-bond acceptors (Lipinski definition) is 3. The molecule has 0 spiro atoms. The van der Waals surface area contributed by atoms with Crippen LogP contribution in [0.1, 0.15) is 11.3 Å². The van der Waals surface area contributed by atoms with Crippen LogP contribution in [-0.2, 0) is 6.18 Å². The van der Waals surface area contributed by atoms with Gasteiger partial charge in [0, 0.05) is 11.4 Å². The molecule has 19 heavy (non-hydrogen) atoms. The van der Waals surface area contributed by atoms with Crippen LogP contribution in [0.25, 0.3) is 0 Å².